The zero-order valence-corrected chi connectivity index (χ0v) is 22.0. The monoisotopic (exact) mass is 585 g/mol. The van der Waals surface area contributed by atoms with Gasteiger partial charge in [0.05, 0.1) is 29.8 Å². The van der Waals surface area contributed by atoms with Gasteiger partial charge in [-0.05, 0) is 36.4 Å². The van der Waals surface area contributed by atoms with Crippen LogP contribution in [-0.2, 0) is 19.3 Å². The molecule has 0 saturated heterocycles. The van der Waals surface area contributed by atoms with Crippen LogP contribution in [0.3, 0.4) is 0 Å². The van der Waals surface area contributed by atoms with Crippen molar-refractivity contribution in [1.29, 1.82) is 0 Å². The molecular formula is C29H20ClF4N3O4. The summed E-state index contributed by atoms with van der Waals surface area (Å²) in [6.07, 6.45) is -4.66. The number of non-ortho nitro benzene ring substituents is 1. The third kappa shape index (κ3) is 5.80. The highest BCUT2D eigenvalue weighted by atomic mass is 35.5. The van der Waals surface area contributed by atoms with Crippen LogP contribution in [0, 0.1) is 15.9 Å². The molecule has 0 spiro atoms. The van der Waals surface area contributed by atoms with Crippen LogP contribution in [0.4, 0.5) is 23.2 Å². The van der Waals surface area contributed by atoms with E-state index in [2.05, 4.69) is 5.10 Å². The van der Waals surface area contributed by atoms with Gasteiger partial charge in [0.15, 0.2) is 0 Å². The lowest BCUT2D eigenvalue weighted by Gasteiger charge is -2.13. The SMILES string of the molecule is COc1ccc([N+](=O)[O-])cc1COc1cccc(-c2c3cccc(C(F)(F)F)c3nn2Cc2ccc(Cl)cc2F)c1. The smallest absolute Gasteiger partial charge is 0.418 e. The molecule has 0 atom stereocenters. The Morgan fingerprint density at radius 1 is 1.00 bits per heavy atom. The summed E-state index contributed by atoms with van der Waals surface area (Å²) in [5.41, 5.74) is 0.0542. The highest BCUT2D eigenvalue weighted by Gasteiger charge is 2.34. The summed E-state index contributed by atoms with van der Waals surface area (Å²) in [7, 11) is 1.43. The maximum atomic E-state index is 14.7. The number of nitro benzene ring substituents is 1. The van der Waals surface area contributed by atoms with E-state index in [1.54, 1.807) is 24.3 Å². The first-order valence-corrected chi connectivity index (χ1v) is 12.5. The molecule has 210 valence electrons. The Labute approximate surface area is 235 Å². The second-order valence-electron chi connectivity index (χ2n) is 9.01. The Bertz CT molecular complexity index is 1770. The zero-order chi connectivity index (χ0) is 29.3. The number of hydrogen-bond donors (Lipinski definition) is 0. The predicted molar refractivity (Wildman–Crippen MR) is 145 cm³/mol. The van der Waals surface area contributed by atoms with Crippen LogP contribution in [0.15, 0.2) is 78.9 Å². The molecule has 5 aromatic rings. The Kier molecular flexibility index (Phi) is 7.55. The van der Waals surface area contributed by atoms with Crippen molar-refractivity contribution in [3.05, 3.63) is 117 Å². The van der Waals surface area contributed by atoms with Gasteiger partial charge >= 0.3 is 6.18 Å². The average Bonchev–Trinajstić information content (AvgIpc) is 3.30. The van der Waals surface area contributed by atoms with Crippen LogP contribution < -0.4 is 9.47 Å². The average molecular weight is 586 g/mol. The molecule has 0 bridgehead atoms. The first-order chi connectivity index (χ1) is 19.5. The maximum absolute atomic E-state index is 14.7. The summed E-state index contributed by atoms with van der Waals surface area (Å²) in [6.45, 7) is -0.247. The van der Waals surface area contributed by atoms with E-state index < -0.39 is 22.5 Å². The van der Waals surface area contributed by atoms with Gasteiger partial charge in [-0.15, -0.1) is 0 Å². The Hall–Kier alpha value is -4.64. The second kappa shape index (κ2) is 11.1. The molecule has 0 aliphatic carbocycles. The molecule has 0 aliphatic heterocycles. The topological polar surface area (TPSA) is 79.4 Å². The Morgan fingerprint density at radius 3 is 2.49 bits per heavy atom. The van der Waals surface area contributed by atoms with Gasteiger partial charge in [-0.2, -0.15) is 18.3 Å². The number of rotatable bonds is 8. The minimum absolute atomic E-state index is 0.0808. The number of methoxy groups -OCH3 is 1. The molecule has 0 N–H and O–H groups in total. The fourth-order valence-electron chi connectivity index (χ4n) is 4.50. The number of nitrogens with zero attached hydrogens (tertiary/aromatic N) is 3. The molecule has 0 saturated carbocycles. The van der Waals surface area contributed by atoms with Gasteiger partial charge in [0, 0.05) is 39.2 Å². The van der Waals surface area contributed by atoms with E-state index in [4.69, 9.17) is 21.1 Å². The van der Waals surface area contributed by atoms with Gasteiger partial charge in [-0.1, -0.05) is 41.9 Å². The van der Waals surface area contributed by atoms with Crippen LogP contribution >= 0.6 is 11.6 Å². The van der Waals surface area contributed by atoms with Gasteiger partial charge in [0.2, 0.25) is 0 Å². The van der Waals surface area contributed by atoms with E-state index in [9.17, 15) is 27.7 Å². The second-order valence-corrected chi connectivity index (χ2v) is 9.45. The van der Waals surface area contributed by atoms with Crippen molar-refractivity contribution in [1.82, 2.24) is 9.78 Å². The number of hydrogen-bond acceptors (Lipinski definition) is 5. The fourth-order valence-corrected chi connectivity index (χ4v) is 4.66. The summed E-state index contributed by atoms with van der Waals surface area (Å²) in [5.74, 6) is 0.101. The lowest BCUT2D eigenvalue weighted by Crippen LogP contribution is -2.07. The summed E-state index contributed by atoms with van der Waals surface area (Å²) in [4.78, 5) is 10.7. The molecule has 4 aromatic carbocycles. The van der Waals surface area contributed by atoms with Crippen LogP contribution in [0.1, 0.15) is 16.7 Å². The molecule has 0 unspecified atom stereocenters. The molecule has 5 rings (SSSR count). The third-order valence-corrected chi connectivity index (χ3v) is 6.62. The standard InChI is InChI=1S/C29H20ClF4N3O4/c1-40-26-11-10-21(37(38)39)12-19(26)16-41-22-5-2-4-17(13-22)28-23-6-3-7-24(29(32,33)34)27(23)35-36(28)15-18-8-9-20(30)14-25(18)31/h2-14H,15-16H2,1H3. The lowest BCUT2D eigenvalue weighted by atomic mass is 10.0. The van der Waals surface area contributed by atoms with Crippen molar-refractivity contribution < 1.29 is 32.0 Å². The number of halogens is 5. The summed E-state index contributed by atoms with van der Waals surface area (Å²) < 4.78 is 68.8. The number of fused-ring (bicyclic) bond motifs is 1. The summed E-state index contributed by atoms with van der Waals surface area (Å²) in [5, 5.41) is 15.9. The van der Waals surface area contributed by atoms with Crippen molar-refractivity contribution in [2.75, 3.05) is 7.11 Å². The minimum atomic E-state index is -4.66. The van der Waals surface area contributed by atoms with Crippen LogP contribution in [0.25, 0.3) is 22.2 Å². The van der Waals surface area contributed by atoms with Crippen LogP contribution in [-0.4, -0.2) is 21.8 Å². The molecular weight excluding hydrogens is 566 g/mol. The quantitative estimate of drug-likeness (QED) is 0.105. The normalized spacial score (nSPS) is 11.6. The summed E-state index contributed by atoms with van der Waals surface area (Å²) in [6, 6.07) is 18.5. The van der Waals surface area contributed by atoms with Crippen molar-refractivity contribution in [3.63, 3.8) is 0 Å². The Balaban J connectivity index is 1.57. The van der Waals surface area contributed by atoms with Gasteiger partial charge in [-0.3, -0.25) is 14.8 Å². The number of nitro groups is 1. The molecule has 0 aliphatic rings. The van der Waals surface area contributed by atoms with Gasteiger partial charge in [0.25, 0.3) is 5.69 Å². The van der Waals surface area contributed by atoms with Gasteiger partial charge in [-0.25, -0.2) is 4.39 Å². The highest BCUT2D eigenvalue weighted by Crippen LogP contribution is 2.39. The summed E-state index contributed by atoms with van der Waals surface area (Å²) >= 11 is 5.87. The van der Waals surface area contributed by atoms with Gasteiger partial charge in [0.1, 0.15) is 29.4 Å². The zero-order valence-electron chi connectivity index (χ0n) is 21.3. The third-order valence-electron chi connectivity index (χ3n) is 6.39. The van der Waals surface area contributed by atoms with Crippen molar-refractivity contribution in [2.24, 2.45) is 0 Å². The molecule has 1 aromatic heterocycles. The number of benzene rings is 4. The maximum Gasteiger partial charge on any atom is 0.418 e. The predicted octanol–water partition coefficient (Wildman–Crippen LogP) is 8.06. The lowest BCUT2D eigenvalue weighted by molar-refractivity contribution is -0.385. The van der Waals surface area contributed by atoms with Crippen molar-refractivity contribution >= 4 is 28.2 Å². The van der Waals surface area contributed by atoms with Crippen molar-refractivity contribution in [2.45, 2.75) is 19.3 Å². The van der Waals surface area contributed by atoms with Gasteiger partial charge < -0.3 is 9.47 Å². The number of ether oxygens (including phenoxy) is 2. The minimum Gasteiger partial charge on any atom is -0.496 e. The number of aromatic nitrogens is 2. The molecule has 7 nitrogen and oxygen atoms in total. The van der Waals surface area contributed by atoms with Crippen molar-refractivity contribution in [3.8, 4) is 22.8 Å². The molecule has 0 amide bonds. The molecule has 1 heterocycles. The molecule has 0 radical (unpaired) electrons. The molecule has 41 heavy (non-hydrogen) atoms. The van der Waals surface area contributed by atoms with E-state index >= 15 is 0 Å². The van der Waals surface area contributed by atoms with E-state index in [0.717, 1.165) is 12.1 Å². The number of alkyl halides is 3. The highest BCUT2D eigenvalue weighted by molar-refractivity contribution is 6.30. The fraction of sp³-hybridized carbons (Fsp3) is 0.138. The molecule has 0 fully saturated rings. The van der Waals surface area contributed by atoms with Crippen LogP contribution in [0.5, 0.6) is 11.5 Å². The van der Waals surface area contributed by atoms with E-state index in [-0.39, 0.29) is 40.3 Å². The first kappa shape index (κ1) is 27.9. The first-order valence-electron chi connectivity index (χ1n) is 12.1. The largest absolute Gasteiger partial charge is 0.496 e. The van der Waals surface area contributed by atoms with E-state index in [0.29, 0.717) is 28.3 Å². The molecule has 12 heteroatoms. The van der Waals surface area contributed by atoms with E-state index in [1.165, 1.54) is 54.3 Å². The Morgan fingerprint density at radius 2 is 1.78 bits per heavy atom. The van der Waals surface area contributed by atoms with E-state index in [1.807, 2.05) is 0 Å². The van der Waals surface area contributed by atoms with Crippen LogP contribution in [0.2, 0.25) is 5.02 Å².